The van der Waals surface area contributed by atoms with Crippen LogP contribution in [-0.2, 0) is 17.6 Å². The Morgan fingerprint density at radius 1 is 0.867 bits per heavy atom. The van der Waals surface area contributed by atoms with E-state index < -0.39 is 52.6 Å². The zero-order valence-corrected chi connectivity index (χ0v) is 17.0. The maximum absolute atomic E-state index is 14.0. The number of amides is 1. The predicted molar refractivity (Wildman–Crippen MR) is 100 cm³/mol. The van der Waals surface area contributed by atoms with Crippen LogP contribution in [0, 0.1) is 29.1 Å². The van der Waals surface area contributed by atoms with Crippen LogP contribution in [0.25, 0.3) is 0 Å². The van der Waals surface area contributed by atoms with Crippen LogP contribution < -0.4 is 5.32 Å². The molecule has 0 bridgehead atoms. The van der Waals surface area contributed by atoms with Crippen LogP contribution >= 0.6 is 11.3 Å². The van der Waals surface area contributed by atoms with E-state index in [9.17, 15) is 31.5 Å². The summed E-state index contributed by atoms with van der Waals surface area (Å²) in [5, 5.41) is 2.12. The fourth-order valence-corrected chi connectivity index (χ4v) is 4.56. The van der Waals surface area contributed by atoms with Gasteiger partial charge in [-0.1, -0.05) is 6.42 Å². The van der Waals surface area contributed by atoms with E-state index in [1.54, 1.807) is 13.8 Å². The smallest absolute Gasteiger partial charge is 0.341 e. The molecule has 2 aromatic rings. The standard InChI is InChI=1S/C20H18F5NO3S/c1-8(2)29-20(28)11-9-6-4-3-5-7-10(9)30-19(11)26-18(27)12-13(21)15(23)17(25)16(24)14(12)22/h8H,3-7H2,1-2H3,(H,26,27). The highest BCUT2D eigenvalue weighted by Gasteiger charge is 2.32. The number of fused-ring (bicyclic) bond motifs is 1. The summed E-state index contributed by atoms with van der Waals surface area (Å²) in [5.74, 6) is -13.6. The van der Waals surface area contributed by atoms with E-state index >= 15 is 0 Å². The minimum atomic E-state index is -2.36. The summed E-state index contributed by atoms with van der Waals surface area (Å²) >= 11 is 1.04. The molecule has 0 aliphatic heterocycles. The van der Waals surface area contributed by atoms with Gasteiger partial charge in [0.05, 0.1) is 11.7 Å². The van der Waals surface area contributed by atoms with Gasteiger partial charge in [-0.15, -0.1) is 11.3 Å². The Balaban J connectivity index is 2.05. The van der Waals surface area contributed by atoms with Gasteiger partial charge in [0.2, 0.25) is 5.82 Å². The normalized spacial score (nSPS) is 13.7. The fourth-order valence-electron chi connectivity index (χ4n) is 3.29. The molecule has 0 atom stereocenters. The van der Waals surface area contributed by atoms with Crippen LogP contribution in [0.15, 0.2) is 0 Å². The Morgan fingerprint density at radius 3 is 2.03 bits per heavy atom. The molecule has 1 aliphatic carbocycles. The van der Waals surface area contributed by atoms with Crippen molar-refractivity contribution in [2.75, 3.05) is 5.32 Å². The first-order valence-electron chi connectivity index (χ1n) is 9.31. The molecule has 0 unspecified atom stereocenters. The van der Waals surface area contributed by atoms with E-state index in [4.69, 9.17) is 4.74 Å². The fraction of sp³-hybridized carbons (Fsp3) is 0.400. The highest BCUT2D eigenvalue weighted by Crippen LogP contribution is 2.38. The first kappa shape index (κ1) is 22.2. The Hall–Kier alpha value is -2.49. The van der Waals surface area contributed by atoms with Crippen molar-refractivity contribution in [3.05, 3.63) is 50.7 Å². The Kier molecular flexibility index (Phi) is 6.44. The van der Waals surface area contributed by atoms with Crippen LogP contribution in [0.3, 0.4) is 0 Å². The minimum absolute atomic E-state index is 0.0403. The molecule has 0 radical (unpaired) electrons. The number of carbonyl (C=O) groups excluding carboxylic acids is 2. The molecule has 3 rings (SSSR count). The van der Waals surface area contributed by atoms with Crippen molar-refractivity contribution in [3.63, 3.8) is 0 Å². The van der Waals surface area contributed by atoms with Gasteiger partial charge in [0.25, 0.3) is 5.91 Å². The zero-order chi connectivity index (χ0) is 22.2. The van der Waals surface area contributed by atoms with Crippen molar-refractivity contribution in [2.24, 2.45) is 0 Å². The average molecular weight is 447 g/mol. The molecular weight excluding hydrogens is 429 g/mol. The van der Waals surface area contributed by atoms with Gasteiger partial charge in [-0.25, -0.2) is 26.7 Å². The van der Waals surface area contributed by atoms with Crippen LogP contribution in [0.4, 0.5) is 27.0 Å². The average Bonchev–Trinajstić information content (AvgIpc) is 2.85. The van der Waals surface area contributed by atoms with Crippen molar-refractivity contribution < 1.29 is 36.3 Å². The van der Waals surface area contributed by atoms with Crippen molar-refractivity contribution in [2.45, 2.75) is 52.1 Å². The number of benzene rings is 1. The van der Waals surface area contributed by atoms with Gasteiger partial charge in [0.1, 0.15) is 10.6 Å². The van der Waals surface area contributed by atoms with Crippen LogP contribution in [0.1, 0.15) is 64.3 Å². The number of carbonyl (C=O) groups is 2. The maximum atomic E-state index is 14.0. The summed E-state index contributed by atoms with van der Waals surface area (Å²) in [7, 11) is 0. The molecule has 0 saturated carbocycles. The number of anilines is 1. The number of hydrogen-bond acceptors (Lipinski definition) is 4. The SMILES string of the molecule is CC(C)OC(=O)c1c(NC(=O)c2c(F)c(F)c(F)c(F)c2F)sc2c1CCCCC2. The Labute approximate surface area is 173 Å². The molecule has 1 heterocycles. The van der Waals surface area contributed by atoms with E-state index in [2.05, 4.69) is 5.32 Å². The molecule has 162 valence electrons. The van der Waals surface area contributed by atoms with Crippen molar-refractivity contribution in [1.29, 1.82) is 0 Å². The molecule has 1 aliphatic rings. The Morgan fingerprint density at radius 2 is 1.43 bits per heavy atom. The number of halogens is 5. The molecule has 0 fully saturated rings. The van der Waals surface area contributed by atoms with E-state index in [1.807, 2.05) is 0 Å². The molecule has 0 spiro atoms. The molecule has 1 aromatic carbocycles. The molecule has 30 heavy (non-hydrogen) atoms. The lowest BCUT2D eigenvalue weighted by Gasteiger charge is -2.12. The lowest BCUT2D eigenvalue weighted by Crippen LogP contribution is -2.21. The second-order valence-corrected chi connectivity index (χ2v) is 8.23. The lowest BCUT2D eigenvalue weighted by atomic mass is 10.1. The van der Waals surface area contributed by atoms with E-state index in [1.165, 1.54) is 0 Å². The number of aryl methyl sites for hydroxylation is 1. The third-order valence-electron chi connectivity index (χ3n) is 4.63. The number of rotatable bonds is 4. The van der Waals surface area contributed by atoms with Gasteiger partial charge in [0.15, 0.2) is 23.3 Å². The second-order valence-electron chi connectivity index (χ2n) is 7.12. The monoisotopic (exact) mass is 447 g/mol. The van der Waals surface area contributed by atoms with Crippen LogP contribution in [0.5, 0.6) is 0 Å². The van der Waals surface area contributed by atoms with E-state index in [0.29, 0.717) is 18.4 Å². The highest BCUT2D eigenvalue weighted by atomic mass is 32.1. The van der Waals surface area contributed by atoms with Gasteiger partial charge >= 0.3 is 5.97 Å². The summed E-state index contributed by atoms with van der Waals surface area (Å²) in [6.07, 6.45) is 3.34. The molecule has 0 saturated heterocycles. The summed E-state index contributed by atoms with van der Waals surface area (Å²) in [4.78, 5) is 25.9. The highest BCUT2D eigenvalue weighted by molar-refractivity contribution is 7.17. The third-order valence-corrected chi connectivity index (χ3v) is 5.84. The predicted octanol–water partition coefficient (Wildman–Crippen LogP) is 5.53. The molecule has 10 heteroatoms. The van der Waals surface area contributed by atoms with Crippen LogP contribution in [0.2, 0.25) is 0 Å². The summed E-state index contributed by atoms with van der Waals surface area (Å²) < 4.78 is 73.4. The van der Waals surface area contributed by atoms with Gasteiger partial charge in [-0.3, -0.25) is 4.79 Å². The topological polar surface area (TPSA) is 55.4 Å². The first-order valence-corrected chi connectivity index (χ1v) is 10.1. The molecule has 1 aromatic heterocycles. The lowest BCUT2D eigenvalue weighted by molar-refractivity contribution is 0.0378. The van der Waals surface area contributed by atoms with Gasteiger partial charge < -0.3 is 10.1 Å². The van der Waals surface area contributed by atoms with Gasteiger partial charge in [-0.05, 0) is 45.1 Å². The number of nitrogens with one attached hydrogen (secondary N) is 1. The number of hydrogen-bond donors (Lipinski definition) is 1. The quantitative estimate of drug-likeness (QED) is 0.220. The summed E-state index contributed by atoms with van der Waals surface area (Å²) in [5.41, 5.74) is -0.878. The largest absolute Gasteiger partial charge is 0.459 e. The van der Waals surface area contributed by atoms with E-state index in [-0.39, 0.29) is 10.6 Å². The number of ether oxygens (including phenoxy) is 1. The van der Waals surface area contributed by atoms with Crippen molar-refractivity contribution >= 4 is 28.2 Å². The molecule has 1 amide bonds. The van der Waals surface area contributed by atoms with E-state index in [0.717, 1.165) is 35.5 Å². The van der Waals surface area contributed by atoms with Gasteiger partial charge in [0, 0.05) is 4.88 Å². The van der Waals surface area contributed by atoms with Gasteiger partial charge in [-0.2, -0.15) is 0 Å². The Bertz CT molecular complexity index is 990. The van der Waals surface area contributed by atoms with Crippen LogP contribution in [-0.4, -0.2) is 18.0 Å². The molecular formula is C20H18F5NO3S. The minimum Gasteiger partial charge on any atom is -0.459 e. The van der Waals surface area contributed by atoms with Crippen molar-refractivity contribution in [1.82, 2.24) is 0 Å². The summed E-state index contributed by atoms with van der Waals surface area (Å²) in [6, 6.07) is 0. The molecule has 4 nitrogen and oxygen atoms in total. The molecule has 1 N–H and O–H groups in total. The maximum Gasteiger partial charge on any atom is 0.341 e. The number of thiophene rings is 1. The summed E-state index contributed by atoms with van der Waals surface area (Å²) in [6.45, 7) is 3.27. The van der Waals surface area contributed by atoms with Crippen molar-refractivity contribution in [3.8, 4) is 0 Å². The first-order chi connectivity index (χ1) is 14.1. The second kappa shape index (κ2) is 8.71. The zero-order valence-electron chi connectivity index (χ0n) is 16.1. The number of esters is 1. The third kappa shape index (κ3) is 4.05.